The Morgan fingerprint density at radius 1 is 1.11 bits per heavy atom. The summed E-state index contributed by atoms with van der Waals surface area (Å²) in [5.41, 5.74) is 1.50. The van der Waals surface area contributed by atoms with E-state index in [9.17, 15) is 19.5 Å². The van der Waals surface area contributed by atoms with E-state index in [2.05, 4.69) is 15.3 Å². The third-order valence-corrected chi connectivity index (χ3v) is 4.82. The predicted molar refractivity (Wildman–Crippen MR) is 96.5 cm³/mol. The van der Waals surface area contributed by atoms with Crippen LogP contribution in [0.25, 0.3) is 21.1 Å². The molecule has 0 atom stereocenters. The number of hydrogen-bond donors (Lipinski definition) is 2. The first-order valence-electron chi connectivity index (χ1n) is 7.56. The monoisotopic (exact) mass is 371 g/mol. The second-order valence-corrected chi connectivity index (χ2v) is 6.57. The molecule has 7 nitrogen and oxygen atoms in total. The zero-order valence-electron chi connectivity index (χ0n) is 14.1. The summed E-state index contributed by atoms with van der Waals surface area (Å²) < 4.78 is 0.619. The summed E-state index contributed by atoms with van der Waals surface area (Å²) >= 11 is 0.975. The molecule has 2 aromatic carbocycles. The summed E-state index contributed by atoms with van der Waals surface area (Å²) in [5.74, 6) is -1.72. The van der Waals surface area contributed by atoms with Crippen LogP contribution in [0.15, 0.2) is 53.3 Å². The Morgan fingerprint density at radius 3 is 2.70 bits per heavy atom. The molecule has 9 heteroatoms. The number of fused-ring (bicyclic) bond motifs is 2. The van der Waals surface area contributed by atoms with Crippen molar-refractivity contribution in [3.05, 3.63) is 69.5 Å². The maximum atomic E-state index is 12.6. The van der Waals surface area contributed by atoms with Crippen molar-refractivity contribution in [3.63, 3.8) is 0 Å². The first-order chi connectivity index (χ1) is 12.5. The molecule has 0 fully saturated rings. The van der Waals surface area contributed by atoms with E-state index >= 15 is 0 Å². The van der Waals surface area contributed by atoms with Gasteiger partial charge in [0.1, 0.15) is 11.0 Å². The maximum absolute atomic E-state index is 12.6. The molecular formula is C18H10LiN3O4S. The number of nitrogens with one attached hydrogen (secondary N) is 2. The zero-order valence-corrected chi connectivity index (χ0v) is 14.9. The molecule has 4 rings (SSSR count). The van der Waals surface area contributed by atoms with Crippen LogP contribution in [-0.4, -0.2) is 21.8 Å². The average Bonchev–Trinajstić information content (AvgIpc) is 3.04. The summed E-state index contributed by atoms with van der Waals surface area (Å²) in [4.78, 5) is 41.7. The van der Waals surface area contributed by atoms with Crippen LogP contribution in [0.1, 0.15) is 20.2 Å². The van der Waals surface area contributed by atoms with Gasteiger partial charge in [-0.25, -0.2) is 4.98 Å². The maximum Gasteiger partial charge on any atom is 1.00 e. The van der Waals surface area contributed by atoms with Crippen molar-refractivity contribution >= 4 is 50.0 Å². The van der Waals surface area contributed by atoms with Crippen molar-refractivity contribution in [2.45, 2.75) is 0 Å². The Balaban J connectivity index is 0.00000210. The van der Waals surface area contributed by atoms with Gasteiger partial charge in [0.2, 0.25) is 5.56 Å². The predicted octanol–water partition coefficient (Wildman–Crippen LogP) is -1.24. The fraction of sp³-hybridized carbons (Fsp3) is 0. The number of benzene rings is 2. The molecule has 0 spiro atoms. The Labute approximate surface area is 168 Å². The molecule has 0 aliphatic rings. The van der Waals surface area contributed by atoms with Gasteiger partial charge >= 0.3 is 18.9 Å². The Bertz CT molecular complexity index is 1250. The Kier molecular flexibility index (Phi) is 5.14. The molecule has 2 heterocycles. The number of carboxylic acid groups (broad SMARTS) is 1. The van der Waals surface area contributed by atoms with Crippen LogP contribution in [0.3, 0.4) is 0 Å². The van der Waals surface area contributed by atoms with Crippen molar-refractivity contribution < 1.29 is 33.6 Å². The van der Waals surface area contributed by atoms with Crippen LogP contribution in [-0.2, 0) is 0 Å². The number of amides is 1. The van der Waals surface area contributed by atoms with Gasteiger partial charge in [-0.1, -0.05) is 12.1 Å². The summed E-state index contributed by atoms with van der Waals surface area (Å²) in [6.45, 7) is 0. The van der Waals surface area contributed by atoms with Crippen LogP contribution in [0.2, 0.25) is 0 Å². The molecule has 0 bridgehead atoms. The smallest absolute Gasteiger partial charge is 0.542 e. The summed E-state index contributed by atoms with van der Waals surface area (Å²) in [5, 5.41) is 14.3. The summed E-state index contributed by atoms with van der Waals surface area (Å²) in [6.07, 6.45) is 0. The minimum absolute atomic E-state index is 0. The molecule has 4 aromatic rings. The second-order valence-electron chi connectivity index (χ2n) is 5.54. The van der Waals surface area contributed by atoms with Gasteiger partial charge in [-0.2, -0.15) is 0 Å². The Morgan fingerprint density at radius 2 is 1.93 bits per heavy atom. The number of carboxylic acids is 1. The molecular weight excluding hydrogens is 361 g/mol. The van der Waals surface area contributed by atoms with E-state index in [1.807, 2.05) is 0 Å². The molecule has 2 aromatic heterocycles. The fourth-order valence-corrected chi connectivity index (χ4v) is 3.50. The van der Waals surface area contributed by atoms with E-state index in [1.54, 1.807) is 42.5 Å². The molecule has 0 radical (unpaired) electrons. The number of nitrogens with zero attached hydrogens (tertiary/aromatic N) is 1. The topological polar surface area (TPSA) is 115 Å². The third kappa shape index (κ3) is 3.64. The number of pyridine rings is 1. The van der Waals surface area contributed by atoms with Crippen LogP contribution >= 0.6 is 11.3 Å². The van der Waals surface area contributed by atoms with Gasteiger partial charge in [-0.3, -0.25) is 9.59 Å². The van der Waals surface area contributed by atoms with Crippen molar-refractivity contribution in [1.29, 1.82) is 0 Å². The SMILES string of the molecule is O=C([O-])c1nc2ccc(NC(=O)c3cccc4ccc(=O)[nH]c34)cc2s1.[Li+]. The van der Waals surface area contributed by atoms with Gasteiger partial charge in [0.15, 0.2) is 0 Å². The summed E-state index contributed by atoms with van der Waals surface area (Å²) in [7, 11) is 0. The van der Waals surface area contributed by atoms with Crippen LogP contribution < -0.4 is 34.8 Å². The Hall–Kier alpha value is -2.92. The van der Waals surface area contributed by atoms with Gasteiger partial charge < -0.3 is 20.2 Å². The number of aromatic nitrogens is 2. The molecule has 0 aliphatic heterocycles. The number of hydrogen-bond acceptors (Lipinski definition) is 6. The van der Waals surface area contributed by atoms with E-state index in [-0.39, 0.29) is 35.3 Å². The van der Waals surface area contributed by atoms with E-state index in [0.29, 0.717) is 27.0 Å². The van der Waals surface area contributed by atoms with Crippen molar-refractivity contribution in [2.24, 2.45) is 0 Å². The third-order valence-electron chi connectivity index (χ3n) is 3.82. The minimum atomic E-state index is -1.34. The molecule has 0 unspecified atom stereocenters. The number of carbonyl (C=O) groups excluding carboxylic acids is 2. The number of carbonyl (C=O) groups is 2. The number of para-hydroxylation sites is 1. The van der Waals surface area contributed by atoms with Gasteiger partial charge in [-0.15, -0.1) is 11.3 Å². The number of anilines is 1. The van der Waals surface area contributed by atoms with E-state index in [1.165, 1.54) is 6.07 Å². The molecule has 0 saturated carbocycles. The van der Waals surface area contributed by atoms with E-state index in [4.69, 9.17) is 0 Å². The van der Waals surface area contributed by atoms with Crippen molar-refractivity contribution in [1.82, 2.24) is 9.97 Å². The first-order valence-corrected chi connectivity index (χ1v) is 8.38. The number of rotatable bonds is 3. The number of aromatic carboxylic acids is 1. The normalized spacial score (nSPS) is 10.5. The van der Waals surface area contributed by atoms with Crippen LogP contribution in [0, 0.1) is 0 Å². The summed E-state index contributed by atoms with van der Waals surface area (Å²) in [6, 6.07) is 13.1. The first kappa shape index (κ1) is 18.9. The average molecular weight is 371 g/mol. The van der Waals surface area contributed by atoms with Gasteiger partial charge in [0.25, 0.3) is 5.91 Å². The largest absolute Gasteiger partial charge is 1.00 e. The number of thiazole rings is 1. The number of H-pyrrole nitrogens is 1. The fourth-order valence-electron chi connectivity index (χ4n) is 2.66. The minimum Gasteiger partial charge on any atom is -0.542 e. The molecule has 128 valence electrons. The zero-order chi connectivity index (χ0) is 18.3. The molecule has 2 N–H and O–H groups in total. The van der Waals surface area contributed by atoms with Gasteiger partial charge in [0, 0.05) is 11.8 Å². The molecule has 0 saturated heterocycles. The standard InChI is InChI=1S/C18H11N3O4S.Li/c22-14-7-4-9-2-1-3-11(15(9)21-14)16(23)19-10-5-6-12-13(8-10)26-17(20-12)18(24)25;/h1-8H,(H,19,23)(H,21,22)(H,24,25);/q;+1/p-1. The quantitative estimate of drug-likeness (QED) is 0.437. The molecule has 1 amide bonds. The van der Waals surface area contributed by atoms with E-state index in [0.717, 1.165) is 16.7 Å². The van der Waals surface area contributed by atoms with Gasteiger partial charge in [-0.05, 0) is 35.7 Å². The molecule has 0 aliphatic carbocycles. The molecule has 27 heavy (non-hydrogen) atoms. The second kappa shape index (κ2) is 7.37. The van der Waals surface area contributed by atoms with E-state index < -0.39 is 5.97 Å². The van der Waals surface area contributed by atoms with Crippen molar-refractivity contribution in [3.8, 4) is 0 Å². The van der Waals surface area contributed by atoms with Crippen molar-refractivity contribution in [2.75, 3.05) is 5.32 Å². The van der Waals surface area contributed by atoms with Crippen LogP contribution in [0.4, 0.5) is 5.69 Å². The van der Waals surface area contributed by atoms with Gasteiger partial charge in [0.05, 0.1) is 21.3 Å². The number of aromatic amines is 1. The van der Waals surface area contributed by atoms with Crippen LogP contribution in [0.5, 0.6) is 0 Å².